The maximum absolute atomic E-state index is 5.78. The molecule has 0 saturated carbocycles. The van der Waals surface area contributed by atoms with Crippen molar-refractivity contribution in [3.05, 3.63) is 17.5 Å². The summed E-state index contributed by atoms with van der Waals surface area (Å²) in [5, 5.41) is 0.460. The van der Waals surface area contributed by atoms with Crippen LogP contribution in [0.3, 0.4) is 0 Å². The number of rotatable bonds is 1. The molecule has 0 spiro atoms. The van der Waals surface area contributed by atoms with Crippen LogP contribution in [0.15, 0.2) is 12.4 Å². The molecule has 0 atom stereocenters. The van der Waals surface area contributed by atoms with E-state index >= 15 is 0 Å². The van der Waals surface area contributed by atoms with Crippen molar-refractivity contribution < 1.29 is 0 Å². The third-order valence-corrected chi connectivity index (χ3v) is 2.60. The van der Waals surface area contributed by atoms with E-state index in [1.807, 2.05) is 0 Å². The Morgan fingerprint density at radius 1 is 1.21 bits per heavy atom. The molecular formula is C9H13ClN4. The lowest BCUT2D eigenvalue weighted by atomic mass is 10.3. The fourth-order valence-corrected chi connectivity index (χ4v) is 1.66. The van der Waals surface area contributed by atoms with E-state index in [1.165, 1.54) is 0 Å². The number of hydrogen-bond acceptors (Lipinski definition) is 4. The lowest BCUT2D eigenvalue weighted by Gasteiger charge is -2.32. The standard InChI is InChI=1S/C9H13ClN4/c1-13-2-4-14(5-3-13)9-7-11-6-8(10)12-9/h6-7H,2-5H2,1H3. The summed E-state index contributed by atoms with van der Waals surface area (Å²) in [5.74, 6) is 0.880. The fourth-order valence-electron chi connectivity index (χ4n) is 1.52. The molecule has 0 N–H and O–H groups in total. The van der Waals surface area contributed by atoms with E-state index in [4.69, 9.17) is 11.6 Å². The van der Waals surface area contributed by atoms with Gasteiger partial charge in [0, 0.05) is 26.2 Å². The molecule has 4 nitrogen and oxygen atoms in total. The molecule has 1 aromatic rings. The van der Waals surface area contributed by atoms with Gasteiger partial charge in [-0.15, -0.1) is 0 Å². The molecule has 1 aliphatic rings. The monoisotopic (exact) mass is 212 g/mol. The molecule has 1 aromatic heterocycles. The summed E-state index contributed by atoms with van der Waals surface area (Å²) in [7, 11) is 2.13. The van der Waals surface area contributed by atoms with Crippen LogP contribution in [0, 0.1) is 0 Å². The molecule has 0 amide bonds. The second-order valence-corrected chi connectivity index (χ2v) is 3.88. The number of anilines is 1. The molecule has 2 heterocycles. The van der Waals surface area contributed by atoms with Crippen molar-refractivity contribution in [2.45, 2.75) is 0 Å². The van der Waals surface area contributed by atoms with Gasteiger partial charge in [-0.1, -0.05) is 11.6 Å². The molecule has 1 saturated heterocycles. The lowest BCUT2D eigenvalue weighted by Crippen LogP contribution is -2.44. The Bertz CT molecular complexity index is 309. The molecule has 5 heteroatoms. The topological polar surface area (TPSA) is 32.3 Å². The molecule has 1 fully saturated rings. The summed E-state index contributed by atoms with van der Waals surface area (Å²) >= 11 is 5.78. The van der Waals surface area contributed by atoms with Gasteiger partial charge in [0.15, 0.2) is 0 Å². The Labute approximate surface area is 88.5 Å². The van der Waals surface area contributed by atoms with Crippen LogP contribution >= 0.6 is 11.6 Å². The third-order valence-electron chi connectivity index (χ3n) is 2.42. The molecule has 14 heavy (non-hydrogen) atoms. The minimum Gasteiger partial charge on any atom is -0.353 e. The number of likely N-dealkylation sites (N-methyl/N-ethyl adjacent to an activating group) is 1. The Morgan fingerprint density at radius 2 is 1.93 bits per heavy atom. The molecule has 0 bridgehead atoms. The second kappa shape index (κ2) is 4.11. The number of hydrogen-bond donors (Lipinski definition) is 0. The van der Waals surface area contributed by atoms with Crippen LogP contribution in [0.2, 0.25) is 5.15 Å². The van der Waals surface area contributed by atoms with E-state index < -0.39 is 0 Å². The van der Waals surface area contributed by atoms with Crippen molar-refractivity contribution in [3.8, 4) is 0 Å². The Balaban J connectivity index is 2.08. The Hall–Kier alpha value is -0.870. The minimum atomic E-state index is 0.460. The van der Waals surface area contributed by atoms with Crippen molar-refractivity contribution in [3.63, 3.8) is 0 Å². The van der Waals surface area contributed by atoms with Gasteiger partial charge in [-0.05, 0) is 7.05 Å². The molecule has 0 aliphatic carbocycles. The van der Waals surface area contributed by atoms with Gasteiger partial charge in [0.2, 0.25) is 0 Å². The largest absolute Gasteiger partial charge is 0.353 e. The highest BCUT2D eigenvalue weighted by Gasteiger charge is 2.15. The molecule has 0 radical (unpaired) electrons. The van der Waals surface area contributed by atoms with E-state index in [2.05, 4.69) is 26.8 Å². The predicted molar refractivity (Wildman–Crippen MR) is 56.8 cm³/mol. The molecule has 0 aromatic carbocycles. The van der Waals surface area contributed by atoms with Crippen molar-refractivity contribution >= 4 is 17.4 Å². The summed E-state index contributed by atoms with van der Waals surface area (Å²) in [6, 6.07) is 0. The summed E-state index contributed by atoms with van der Waals surface area (Å²) in [4.78, 5) is 12.8. The minimum absolute atomic E-state index is 0.460. The van der Waals surface area contributed by atoms with Crippen molar-refractivity contribution in [2.24, 2.45) is 0 Å². The van der Waals surface area contributed by atoms with Gasteiger partial charge in [0.25, 0.3) is 0 Å². The summed E-state index contributed by atoms with van der Waals surface area (Å²) in [6.07, 6.45) is 3.32. The van der Waals surface area contributed by atoms with Crippen LogP contribution in [-0.4, -0.2) is 48.1 Å². The Kier molecular flexibility index (Phi) is 2.84. The normalized spacial score (nSPS) is 18.6. The maximum Gasteiger partial charge on any atom is 0.149 e. The Morgan fingerprint density at radius 3 is 2.57 bits per heavy atom. The number of halogens is 1. The quantitative estimate of drug-likeness (QED) is 0.692. The van der Waals surface area contributed by atoms with Crippen molar-refractivity contribution in [1.82, 2.24) is 14.9 Å². The highest BCUT2D eigenvalue weighted by atomic mass is 35.5. The molecular weight excluding hydrogens is 200 g/mol. The first-order chi connectivity index (χ1) is 6.75. The van der Waals surface area contributed by atoms with Crippen LogP contribution in [-0.2, 0) is 0 Å². The lowest BCUT2D eigenvalue weighted by molar-refractivity contribution is 0.312. The zero-order valence-corrected chi connectivity index (χ0v) is 8.91. The average molecular weight is 213 g/mol. The van der Waals surface area contributed by atoms with Crippen LogP contribution in [0.5, 0.6) is 0 Å². The van der Waals surface area contributed by atoms with Crippen LogP contribution in [0.1, 0.15) is 0 Å². The van der Waals surface area contributed by atoms with Crippen LogP contribution in [0.4, 0.5) is 5.82 Å². The molecule has 2 rings (SSSR count). The molecule has 76 valence electrons. The van der Waals surface area contributed by atoms with Gasteiger partial charge in [-0.2, -0.15) is 0 Å². The van der Waals surface area contributed by atoms with E-state index in [0.717, 1.165) is 32.0 Å². The first-order valence-corrected chi connectivity index (χ1v) is 5.04. The summed E-state index contributed by atoms with van der Waals surface area (Å²) in [6.45, 7) is 4.11. The van der Waals surface area contributed by atoms with E-state index in [-0.39, 0.29) is 0 Å². The fraction of sp³-hybridized carbons (Fsp3) is 0.556. The SMILES string of the molecule is CN1CCN(c2cncc(Cl)n2)CC1. The van der Waals surface area contributed by atoms with Gasteiger partial charge in [-0.3, -0.25) is 4.98 Å². The number of piperazine rings is 1. The molecule has 1 aliphatic heterocycles. The molecule has 0 unspecified atom stereocenters. The first kappa shape index (κ1) is 9.68. The zero-order valence-electron chi connectivity index (χ0n) is 8.15. The van der Waals surface area contributed by atoms with Gasteiger partial charge in [0.1, 0.15) is 11.0 Å². The first-order valence-electron chi connectivity index (χ1n) is 4.67. The van der Waals surface area contributed by atoms with E-state index in [1.54, 1.807) is 12.4 Å². The van der Waals surface area contributed by atoms with E-state index in [9.17, 15) is 0 Å². The summed E-state index contributed by atoms with van der Waals surface area (Å²) < 4.78 is 0. The van der Waals surface area contributed by atoms with Gasteiger partial charge in [-0.25, -0.2) is 4.98 Å². The number of aromatic nitrogens is 2. The summed E-state index contributed by atoms with van der Waals surface area (Å²) in [5.41, 5.74) is 0. The van der Waals surface area contributed by atoms with E-state index in [0.29, 0.717) is 5.15 Å². The van der Waals surface area contributed by atoms with Gasteiger partial charge >= 0.3 is 0 Å². The number of nitrogens with zero attached hydrogens (tertiary/aromatic N) is 4. The smallest absolute Gasteiger partial charge is 0.149 e. The maximum atomic E-state index is 5.78. The van der Waals surface area contributed by atoms with Crippen LogP contribution < -0.4 is 4.90 Å². The zero-order chi connectivity index (χ0) is 9.97. The highest BCUT2D eigenvalue weighted by molar-refractivity contribution is 6.29. The highest BCUT2D eigenvalue weighted by Crippen LogP contribution is 2.13. The third kappa shape index (κ3) is 2.13. The van der Waals surface area contributed by atoms with Gasteiger partial charge in [0.05, 0.1) is 12.4 Å². The van der Waals surface area contributed by atoms with Crippen LogP contribution in [0.25, 0.3) is 0 Å². The van der Waals surface area contributed by atoms with Crippen molar-refractivity contribution in [1.29, 1.82) is 0 Å². The van der Waals surface area contributed by atoms with Crippen molar-refractivity contribution in [2.75, 3.05) is 38.1 Å². The predicted octanol–water partition coefficient (Wildman–Crippen LogP) is 0.882. The average Bonchev–Trinajstić information content (AvgIpc) is 2.19. The second-order valence-electron chi connectivity index (χ2n) is 3.49. The van der Waals surface area contributed by atoms with Gasteiger partial charge < -0.3 is 9.80 Å².